The Morgan fingerprint density at radius 3 is 2.85 bits per heavy atom. The number of pyridine rings is 1. The van der Waals surface area contributed by atoms with E-state index in [9.17, 15) is 24.1 Å². The molecule has 0 saturated heterocycles. The van der Waals surface area contributed by atoms with Crippen LogP contribution in [0.4, 0.5) is 14.5 Å². The molecule has 2 heterocycles. The summed E-state index contributed by atoms with van der Waals surface area (Å²) in [5, 5.41) is 13.0. The Hall–Kier alpha value is -3.40. The van der Waals surface area contributed by atoms with Crippen LogP contribution in [-0.2, 0) is 6.54 Å². The number of carbonyl (C=O) groups is 1. The van der Waals surface area contributed by atoms with Gasteiger partial charge in [0.05, 0.1) is 17.0 Å². The lowest BCUT2D eigenvalue weighted by Crippen LogP contribution is -2.22. The maximum atomic E-state index is 13.3. The zero-order valence-electron chi connectivity index (χ0n) is 13.1. The van der Waals surface area contributed by atoms with Gasteiger partial charge in [0, 0.05) is 12.3 Å². The minimum Gasteiger partial charge on any atom is -0.310 e. The van der Waals surface area contributed by atoms with Crippen molar-refractivity contribution in [1.82, 2.24) is 9.55 Å². The number of thiazole rings is 1. The lowest BCUT2D eigenvalue weighted by atomic mass is 10.2. The lowest BCUT2D eigenvalue weighted by Gasteiger charge is -2.08. The molecule has 0 radical (unpaired) electrons. The van der Waals surface area contributed by atoms with E-state index in [0.717, 1.165) is 17.5 Å². The highest BCUT2D eigenvalue weighted by atomic mass is 32.1. The second-order valence-electron chi connectivity index (χ2n) is 5.23. The predicted molar refractivity (Wildman–Crippen MR) is 92.9 cm³/mol. The van der Waals surface area contributed by atoms with Gasteiger partial charge in [-0.3, -0.25) is 25.0 Å². The maximum absolute atomic E-state index is 13.3. The number of anilines is 1. The number of carbonyl (C=O) groups excluding carboxylic acids is 1. The van der Waals surface area contributed by atoms with E-state index in [4.69, 9.17) is 0 Å². The van der Waals surface area contributed by atoms with E-state index in [1.807, 2.05) is 0 Å². The van der Waals surface area contributed by atoms with Crippen LogP contribution in [0.2, 0.25) is 0 Å². The highest BCUT2D eigenvalue weighted by molar-refractivity contribution is 7.18. The molecule has 0 bridgehead atoms. The minimum atomic E-state index is -0.605. The number of hydrogen-bond donors (Lipinski definition) is 1. The zero-order chi connectivity index (χ0) is 18.7. The molecule has 0 atom stereocenters. The fourth-order valence-electron chi connectivity index (χ4n) is 2.20. The molecule has 0 aliphatic carbocycles. The molecule has 0 aliphatic heterocycles. The van der Waals surface area contributed by atoms with Gasteiger partial charge in [-0.1, -0.05) is 12.1 Å². The number of nitro groups is 1. The Labute approximate surface area is 149 Å². The molecule has 1 N–H and O–H groups in total. The van der Waals surface area contributed by atoms with Crippen molar-refractivity contribution < 1.29 is 14.1 Å². The van der Waals surface area contributed by atoms with Gasteiger partial charge in [0.2, 0.25) is 0 Å². The first-order chi connectivity index (χ1) is 12.4. The summed E-state index contributed by atoms with van der Waals surface area (Å²) in [5.74, 6) is -0.989. The average molecular weight is 374 g/mol. The standard InChI is InChI=1S/C16H11FN4O4S/c17-12-3-1-2-10(6-12)8-20-9-11(4-5-13(20)22)15(23)19-16-18-7-14(26-16)21(24)25/h1-7,9H,8H2,(H,18,19,23). The molecule has 3 aromatic rings. The highest BCUT2D eigenvalue weighted by Gasteiger charge is 2.15. The molecule has 0 unspecified atom stereocenters. The second-order valence-corrected chi connectivity index (χ2v) is 6.24. The first kappa shape index (κ1) is 17.4. The fraction of sp³-hybridized carbons (Fsp3) is 0.0625. The van der Waals surface area contributed by atoms with Crippen LogP contribution in [0.5, 0.6) is 0 Å². The first-order valence-corrected chi connectivity index (χ1v) is 8.10. The first-order valence-electron chi connectivity index (χ1n) is 7.29. The van der Waals surface area contributed by atoms with E-state index in [1.54, 1.807) is 6.07 Å². The molecule has 0 saturated carbocycles. The van der Waals surface area contributed by atoms with E-state index in [2.05, 4.69) is 10.3 Å². The Kier molecular flexibility index (Phi) is 4.85. The van der Waals surface area contributed by atoms with Gasteiger partial charge < -0.3 is 4.57 Å². The largest absolute Gasteiger partial charge is 0.345 e. The van der Waals surface area contributed by atoms with Crippen molar-refractivity contribution in [2.45, 2.75) is 6.54 Å². The molecule has 0 spiro atoms. The molecule has 10 heteroatoms. The van der Waals surface area contributed by atoms with Gasteiger partial charge in [0.15, 0.2) is 5.13 Å². The molecule has 8 nitrogen and oxygen atoms in total. The third-order valence-electron chi connectivity index (χ3n) is 3.38. The van der Waals surface area contributed by atoms with E-state index in [1.165, 1.54) is 41.1 Å². The number of nitrogens with one attached hydrogen (secondary N) is 1. The minimum absolute atomic E-state index is 0.0737. The predicted octanol–water partition coefficient (Wildman–Crippen LogP) is 2.65. The maximum Gasteiger partial charge on any atom is 0.345 e. The molecule has 1 amide bonds. The third-order valence-corrected chi connectivity index (χ3v) is 4.25. The van der Waals surface area contributed by atoms with E-state index < -0.39 is 16.6 Å². The second kappa shape index (κ2) is 7.23. The molecule has 2 aromatic heterocycles. The molecular formula is C16H11FN4O4S. The van der Waals surface area contributed by atoms with Crippen LogP contribution in [0.15, 0.2) is 53.6 Å². The van der Waals surface area contributed by atoms with Crippen LogP contribution in [-0.4, -0.2) is 20.4 Å². The van der Waals surface area contributed by atoms with Gasteiger partial charge >= 0.3 is 5.00 Å². The lowest BCUT2D eigenvalue weighted by molar-refractivity contribution is -0.380. The number of amides is 1. The van der Waals surface area contributed by atoms with E-state index in [-0.39, 0.29) is 27.8 Å². The van der Waals surface area contributed by atoms with Crippen molar-refractivity contribution in [1.29, 1.82) is 0 Å². The smallest absolute Gasteiger partial charge is 0.310 e. The summed E-state index contributed by atoms with van der Waals surface area (Å²) in [7, 11) is 0. The van der Waals surface area contributed by atoms with Crippen LogP contribution in [0.1, 0.15) is 15.9 Å². The summed E-state index contributed by atoms with van der Waals surface area (Å²) < 4.78 is 14.5. The number of benzene rings is 1. The summed E-state index contributed by atoms with van der Waals surface area (Å²) >= 11 is 0.723. The van der Waals surface area contributed by atoms with Gasteiger partial charge in [0.25, 0.3) is 11.5 Å². The Bertz CT molecular complexity index is 1050. The quantitative estimate of drug-likeness (QED) is 0.546. The SMILES string of the molecule is O=C(Nc1ncc([N+](=O)[O-])s1)c1ccc(=O)n(Cc2cccc(F)c2)c1. The summed E-state index contributed by atoms with van der Waals surface area (Å²) in [5.41, 5.74) is 0.384. The third kappa shape index (κ3) is 3.98. The molecule has 3 rings (SSSR count). The van der Waals surface area contributed by atoms with E-state index >= 15 is 0 Å². The molecular weight excluding hydrogens is 363 g/mol. The van der Waals surface area contributed by atoms with Crippen molar-refractivity contribution in [2.24, 2.45) is 0 Å². The zero-order valence-corrected chi connectivity index (χ0v) is 13.9. The number of rotatable bonds is 5. The molecule has 1 aromatic carbocycles. The van der Waals surface area contributed by atoms with Crippen molar-refractivity contribution >= 4 is 27.4 Å². The number of nitrogens with zero attached hydrogens (tertiary/aromatic N) is 3. The van der Waals surface area contributed by atoms with Crippen molar-refractivity contribution in [2.75, 3.05) is 5.32 Å². The highest BCUT2D eigenvalue weighted by Crippen LogP contribution is 2.25. The van der Waals surface area contributed by atoms with Crippen LogP contribution in [0.3, 0.4) is 0 Å². The molecule has 0 fully saturated rings. The Balaban J connectivity index is 1.80. The van der Waals surface area contributed by atoms with Crippen LogP contribution in [0, 0.1) is 15.9 Å². The average Bonchev–Trinajstić information content (AvgIpc) is 3.05. The van der Waals surface area contributed by atoms with Gasteiger partial charge in [-0.25, -0.2) is 9.37 Å². The fourth-order valence-corrected chi connectivity index (χ4v) is 2.83. The summed E-state index contributed by atoms with van der Waals surface area (Å²) in [6.07, 6.45) is 2.38. The van der Waals surface area contributed by atoms with Gasteiger partial charge in [-0.05, 0) is 35.1 Å². The normalized spacial score (nSPS) is 10.5. The van der Waals surface area contributed by atoms with Gasteiger partial charge in [-0.2, -0.15) is 0 Å². The van der Waals surface area contributed by atoms with Crippen LogP contribution in [0.25, 0.3) is 0 Å². The van der Waals surface area contributed by atoms with Crippen molar-refractivity contribution in [3.05, 3.63) is 86.2 Å². The summed E-state index contributed by atoms with van der Waals surface area (Å²) in [6, 6.07) is 8.34. The van der Waals surface area contributed by atoms with Gasteiger partial charge in [-0.15, -0.1) is 0 Å². The summed E-state index contributed by atoms with van der Waals surface area (Å²) in [4.78, 5) is 38.0. The van der Waals surface area contributed by atoms with Crippen LogP contribution < -0.4 is 10.9 Å². The van der Waals surface area contributed by atoms with E-state index in [0.29, 0.717) is 5.56 Å². The van der Waals surface area contributed by atoms with Crippen molar-refractivity contribution in [3.8, 4) is 0 Å². The monoisotopic (exact) mass is 374 g/mol. The summed E-state index contributed by atoms with van der Waals surface area (Å²) in [6.45, 7) is 0.0977. The molecule has 0 aliphatic rings. The molecule has 26 heavy (non-hydrogen) atoms. The Morgan fingerprint density at radius 2 is 2.15 bits per heavy atom. The van der Waals surface area contributed by atoms with Crippen LogP contribution >= 0.6 is 11.3 Å². The van der Waals surface area contributed by atoms with Gasteiger partial charge in [0.1, 0.15) is 12.0 Å². The Morgan fingerprint density at radius 1 is 1.35 bits per heavy atom. The number of aromatic nitrogens is 2. The topological polar surface area (TPSA) is 107 Å². The molecule has 132 valence electrons. The number of halogens is 1. The van der Waals surface area contributed by atoms with Crippen molar-refractivity contribution in [3.63, 3.8) is 0 Å². The number of hydrogen-bond acceptors (Lipinski definition) is 6.